The van der Waals surface area contributed by atoms with Crippen LogP contribution in [-0.4, -0.2) is 22.4 Å². The number of esters is 1. The van der Waals surface area contributed by atoms with Gasteiger partial charge in [0.15, 0.2) is 0 Å². The molecule has 23 heavy (non-hydrogen) atoms. The summed E-state index contributed by atoms with van der Waals surface area (Å²) in [6.07, 6.45) is 0.476. The van der Waals surface area contributed by atoms with Crippen molar-refractivity contribution >= 4 is 17.3 Å². The molecule has 2 rings (SSSR count). The van der Waals surface area contributed by atoms with Crippen molar-refractivity contribution in [2.75, 3.05) is 6.61 Å². The summed E-state index contributed by atoms with van der Waals surface area (Å²) in [5.74, 6) is -0.840. The normalized spacial score (nSPS) is 10.1. The zero-order chi connectivity index (χ0) is 16.8. The van der Waals surface area contributed by atoms with Crippen molar-refractivity contribution < 1.29 is 19.4 Å². The Hall–Kier alpha value is -3.29. The summed E-state index contributed by atoms with van der Waals surface area (Å²) in [4.78, 5) is 31.9. The Kier molecular flexibility index (Phi) is 4.98. The second kappa shape index (κ2) is 7.12. The predicted molar refractivity (Wildman–Crippen MR) is 80.2 cm³/mol. The van der Waals surface area contributed by atoms with Gasteiger partial charge in [0.05, 0.1) is 28.1 Å². The van der Waals surface area contributed by atoms with E-state index in [0.29, 0.717) is 6.42 Å². The van der Waals surface area contributed by atoms with Crippen LogP contribution in [0.25, 0.3) is 0 Å². The lowest BCUT2D eigenvalue weighted by Crippen LogP contribution is -2.09. The fraction of sp³-hybridized carbons (Fsp3) is 0.133. The van der Waals surface area contributed by atoms with Crippen LogP contribution < -0.4 is 0 Å². The van der Waals surface area contributed by atoms with Gasteiger partial charge in [-0.15, -0.1) is 0 Å². The lowest BCUT2D eigenvalue weighted by atomic mass is 10.1. The zero-order valence-electron chi connectivity index (χ0n) is 11.9. The molecule has 0 N–H and O–H groups in total. The quantitative estimate of drug-likeness (QED) is 0.460. The van der Waals surface area contributed by atoms with E-state index in [-0.39, 0.29) is 12.2 Å². The van der Waals surface area contributed by atoms with E-state index in [1.54, 1.807) is 0 Å². The highest BCUT2D eigenvalue weighted by Crippen LogP contribution is 2.23. The van der Waals surface area contributed by atoms with Crippen LogP contribution in [0.2, 0.25) is 0 Å². The van der Waals surface area contributed by atoms with Crippen molar-refractivity contribution in [2.24, 2.45) is 0 Å². The molecule has 2 aromatic rings. The molecule has 0 amide bonds. The van der Waals surface area contributed by atoms with Gasteiger partial charge in [-0.3, -0.25) is 20.2 Å². The largest absolute Gasteiger partial charge is 0.462 e. The maximum absolute atomic E-state index is 11.9. The molecule has 0 saturated heterocycles. The van der Waals surface area contributed by atoms with Crippen LogP contribution in [-0.2, 0) is 11.2 Å². The number of carbonyl (C=O) groups is 1. The highest BCUT2D eigenvalue weighted by atomic mass is 16.6. The fourth-order valence-electron chi connectivity index (χ4n) is 1.91. The van der Waals surface area contributed by atoms with Crippen LogP contribution in [0, 0.1) is 20.2 Å². The van der Waals surface area contributed by atoms with E-state index in [2.05, 4.69) is 0 Å². The molecule has 0 radical (unpaired) electrons. The van der Waals surface area contributed by atoms with Crippen molar-refractivity contribution in [3.63, 3.8) is 0 Å². The average molecular weight is 316 g/mol. The fourth-order valence-corrected chi connectivity index (χ4v) is 1.91. The third-order valence-electron chi connectivity index (χ3n) is 3.03. The van der Waals surface area contributed by atoms with Crippen molar-refractivity contribution in [2.45, 2.75) is 6.42 Å². The highest BCUT2D eigenvalue weighted by molar-refractivity contribution is 5.91. The maximum Gasteiger partial charge on any atom is 0.338 e. The number of nitro benzene ring substituents is 2. The first-order valence-electron chi connectivity index (χ1n) is 6.62. The van der Waals surface area contributed by atoms with Crippen molar-refractivity contribution in [1.82, 2.24) is 0 Å². The second-order valence-corrected chi connectivity index (χ2v) is 4.62. The van der Waals surface area contributed by atoms with Crippen molar-refractivity contribution in [3.05, 3.63) is 79.9 Å². The van der Waals surface area contributed by atoms with Gasteiger partial charge in [0.1, 0.15) is 0 Å². The second-order valence-electron chi connectivity index (χ2n) is 4.62. The standard InChI is InChI=1S/C15H12N2O6/c18-15(23-7-6-11-4-2-1-3-5-11)12-8-13(16(19)20)10-14(9-12)17(21)22/h1-5,8-10H,6-7H2. The number of non-ortho nitro benzene ring substituents is 2. The van der Waals surface area contributed by atoms with Gasteiger partial charge in [-0.25, -0.2) is 4.79 Å². The lowest BCUT2D eigenvalue weighted by Gasteiger charge is -2.05. The monoisotopic (exact) mass is 316 g/mol. The number of nitrogens with zero attached hydrogens (tertiary/aromatic N) is 2. The first-order chi connectivity index (χ1) is 11.0. The number of hydrogen-bond donors (Lipinski definition) is 0. The summed E-state index contributed by atoms with van der Waals surface area (Å²) in [5.41, 5.74) is -0.326. The van der Waals surface area contributed by atoms with Crippen molar-refractivity contribution in [3.8, 4) is 0 Å². The Balaban J connectivity index is 2.09. The van der Waals surface area contributed by atoms with E-state index in [1.165, 1.54) is 0 Å². The minimum Gasteiger partial charge on any atom is -0.462 e. The summed E-state index contributed by atoms with van der Waals surface area (Å²) in [6.45, 7) is 0.0688. The summed E-state index contributed by atoms with van der Waals surface area (Å²) in [5, 5.41) is 21.6. The molecule has 0 heterocycles. The molecule has 0 aromatic heterocycles. The third-order valence-corrected chi connectivity index (χ3v) is 3.03. The molecular weight excluding hydrogens is 304 g/mol. The summed E-state index contributed by atoms with van der Waals surface area (Å²) in [7, 11) is 0. The smallest absolute Gasteiger partial charge is 0.338 e. The average Bonchev–Trinajstić information content (AvgIpc) is 2.55. The van der Waals surface area contributed by atoms with E-state index < -0.39 is 27.2 Å². The topological polar surface area (TPSA) is 113 Å². The number of carbonyl (C=O) groups excluding carboxylic acids is 1. The minimum atomic E-state index is -0.840. The van der Waals surface area contributed by atoms with E-state index >= 15 is 0 Å². The summed E-state index contributed by atoms with van der Waals surface area (Å²) in [6, 6.07) is 12.0. The number of hydrogen-bond acceptors (Lipinski definition) is 6. The molecule has 118 valence electrons. The molecule has 0 atom stereocenters. The van der Waals surface area contributed by atoms with Gasteiger partial charge in [-0.1, -0.05) is 30.3 Å². The van der Waals surface area contributed by atoms with Crippen LogP contribution in [0.5, 0.6) is 0 Å². The van der Waals surface area contributed by atoms with Crippen LogP contribution in [0.1, 0.15) is 15.9 Å². The van der Waals surface area contributed by atoms with Gasteiger partial charge in [-0.2, -0.15) is 0 Å². The van der Waals surface area contributed by atoms with Crippen LogP contribution in [0.3, 0.4) is 0 Å². The summed E-state index contributed by atoms with van der Waals surface area (Å²) < 4.78 is 5.02. The van der Waals surface area contributed by atoms with Gasteiger partial charge >= 0.3 is 5.97 Å². The number of ether oxygens (including phenoxy) is 1. The first-order valence-corrected chi connectivity index (χ1v) is 6.62. The Morgan fingerprint density at radius 3 is 2.04 bits per heavy atom. The molecule has 0 spiro atoms. The van der Waals surface area contributed by atoms with Gasteiger partial charge in [0.2, 0.25) is 0 Å². The van der Waals surface area contributed by atoms with Gasteiger partial charge in [0.25, 0.3) is 11.4 Å². The zero-order valence-corrected chi connectivity index (χ0v) is 11.9. The Labute approximate surface area is 130 Å². The molecule has 8 heteroatoms. The number of rotatable bonds is 6. The highest BCUT2D eigenvalue weighted by Gasteiger charge is 2.20. The predicted octanol–water partition coefficient (Wildman–Crippen LogP) is 2.90. The van der Waals surface area contributed by atoms with Crippen LogP contribution in [0.15, 0.2) is 48.5 Å². The SMILES string of the molecule is O=C(OCCc1ccccc1)c1cc([N+](=O)[O-])cc([N+](=O)[O-])c1. The molecule has 0 unspecified atom stereocenters. The molecule has 0 fully saturated rings. The molecule has 0 aliphatic carbocycles. The molecule has 8 nitrogen and oxygen atoms in total. The summed E-state index contributed by atoms with van der Waals surface area (Å²) >= 11 is 0. The number of nitro groups is 2. The number of benzene rings is 2. The molecule has 0 aliphatic heterocycles. The van der Waals surface area contributed by atoms with E-state index in [0.717, 1.165) is 23.8 Å². The first kappa shape index (κ1) is 16.1. The molecule has 0 saturated carbocycles. The van der Waals surface area contributed by atoms with Crippen LogP contribution >= 0.6 is 0 Å². The molecular formula is C15H12N2O6. The van der Waals surface area contributed by atoms with E-state index in [1.807, 2.05) is 30.3 Å². The maximum atomic E-state index is 11.9. The van der Waals surface area contributed by atoms with Gasteiger partial charge < -0.3 is 4.74 Å². The minimum absolute atomic E-state index is 0.0688. The Morgan fingerprint density at radius 2 is 1.52 bits per heavy atom. The Morgan fingerprint density at radius 1 is 0.957 bits per heavy atom. The molecule has 0 aliphatic rings. The van der Waals surface area contributed by atoms with Crippen LogP contribution in [0.4, 0.5) is 11.4 Å². The lowest BCUT2D eigenvalue weighted by molar-refractivity contribution is -0.394. The third kappa shape index (κ3) is 4.34. The Bertz CT molecular complexity index is 713. The van der Waals surface area contributed by atoms with Gasteiger partial charge in [0, 0.05) is 18.6 Å². The molecule has 2 aromatic carbocycles. The molecule has 0 bridgehead atoms. The van der Waals surface area contributed by atoms with Gasteiger partial charge in [-0.05, 0) is 5.56 Å². The van der Waals surface area contributed by atoms with Crippen molar-refractivity contribution in [1.29, 1.82) is 0 Å². The van der Waals surface area contributed by atoms with E-state index in [4.69, 9.17) is 4.74 Å². The van der Waals surface area contributed by atoms with E-state index in [9.17, 15) is 25.0 Å².